The van der Waals surface area contributed by atoms with Crippen molar-refractivity contribution < 1.29 is 4.74 Å². The first kappa shape index (κ1) is 13.9. The lowest BCUT2D eigenvalue weighted by molar-refractivity contribution is 0.0597. The van der Waals surface area contributed by atoms with Crippen molar-refractivity contribution in [1.29, 1.82) is 0 Å². The zero-order chi connectivity index (χ0) is 14.0. The minimum absolute atomic E-state index is 0.297. The van der Waals surface area contributed by atoms with Gasteiger partial charge in [-0.05, 0) is 31.4 Å². The number of fused-ring (bicyclic) bond motifs is 1. The van der Waals surface area contributed by atoms with Crippen LogP contribution in [0.4, 0.5) is 0 Å². The van der Waals surface area contributed by atoms with E-state index in [0.29, 0.717) is 11.5 Å². The van der Waals surface area contributed by atoms with Gasteiger partial charge in [-0.15, -0.1) is 0 Å². The summed E-state index contributed by atoms with van der Waals surface area (Å²) >= 11 is 0. The van der Waals surface area contributed by atoms with Crippen LogP contribution in [0.1, 0.15) is 38.2 Å². The lowest BCUT2D eigenvalue weighted by Crippen LogP contribution is -2.60. The van der Waals surface area contributed by atoms with Gasteiger partial charge in [-0.1, -0.05) is 25.1 Å². The molecule has 2 aliphatic rings. The number of benzene rings is 1. The van der Waals surface area contributed by atoms with Gasteiger partial charge in [-0.3, -0.25) is 4.90 Å². The van der Waals surface area contributed by atoms with Gasteiger partial charge in [-0.25, -0.2) is 0 Å². The summed E-state index contributed by atoms with van der Waals surface area (Å²) in [6.07, 6.45) is 2.34. The molecular weight excluding hydrogens is 248 g/mol. The van der Waals surface area contributed by atoms with Crippen LogP contribution in [0.2, 0.25) is 0 Å². The van der Waals surface area contributed by atoms with Crippen LogP contribution >= 0.6 is 0 Å². The Bertz CT molecular complexity index is 462. The number of nitrogens with zero attached hydrogens (tertiary/aromatic N) is 1. The molecule has 2 aliphatic heterocycles. The fourth-order valence-electron chi connectivity index (χ4n) is 3.49. The van der Waals surface area contributed by atoms with Gasteiger partial charge >= 0.3 is 0 Å². The van der Waals surface area contributed by atoms with Crippen LogP contribution in [-0.4, -0.2) is 43.2 Å². The van der Waals surface area contributed by atoms with Crippen molar-refractivity contribution in [2.45, 2.75) is 38.1 Å². The standard InChI is InChI=1S/C17H26N2O/c1-3-17(2)13-18-9-10-19(17)12-14-8-11-20-16-7-5-4-6-15(14)16/h4-7,14,18H,3,8-13H2,1-2H3. The molecular formula is C17H26N2O. The van der Waals surface area contributed by atoms with Crippen molar-refractivity contribution in [3.8, 4) is 5.75 Å². The summed E-state index contributed by atoms with van der Waals surface area (Å²) in [5, 5.41) is 3.55. The first-order valence-electron chi connectivity index (χ1n) is 7.90. The van der Waals surface area contributed by atoms with Crippen molar-refractivity contribution in [2.24, 2.45) is 0 Å². The maximum Gasteiger partial charge on any atom is 0.122 e. The van der Waals surface area contributed by atoms with E-state index in [2.05, 4.69) is 48.3 Å². The van der Waals surface area contributed by atoms with Crippen LogP contribution in [0.25, 0.3) is 0 Å². The summed E-state index contributed by atoms with van der Waals surface area (Å²) in [6.45, 7) is 10.1. The Hall–Kier alpha value is -1.06. The molecule has 0 aromatic heterocycles. The van der Waals surface area contributed by atoms with Crippen LogP contribution < -0.4 is 10.1 Å². The van der Waals surface area contributed by atoms with E-state index in [1.165, 1.54) is 12.0 Å². The molecule has 1 aromatic rings. The first-order valence-corrected chi connectivity index (χ1v) is 7.90. The van der Waals surface area contributed by atoms with E-state index in [1.54, 1.807) is 0 Å². The quantitative estimate of drug-likeness (QED) is 0.917. The Balaban J connectivity index is 1.78. The second-order valence-corrected chi connectivity index (χ2v) is 6.35. The van der Waals surface area contributed by atoms with E-state index < -0.39 is 0 Å². The largest absolute Gasteiger partial charge is 0.493 e. The predicted molar refractivity (Wildman–Crippen MR) is 82.4 cm³/mol. The number of hydrogen-bond acceptors (Lipinski definition) is 3. The summed E-state index contributed by atoms with van der Waals surface area (Å²) in [4.78, 5) is 2.69. The Labute approximate surface area is 122 Å². The maximum absolute atomic E-state index is 5.79. The first-order chi connectivity index (χ1) is 9.73. The van der Waals surface area contributed by atoms with Crippen LogP contribution in [0.15, 0.2) is 24.3 Å². The minimum atomic E-state index is 0.297. The van der Waals surface area contributed by atoms with E-state index in [1.807, 2.05) is 0 Å². The molecule has 0 radical (unpaired) electrons. The summed E-state index contributed by atoms with van der Waals surface area (Å²) < 4.78 is 5.79. The molecule has 0 saturated carbocycles. The number of piperazine rings is 1. The van der Waals surface area contributed by atoms with Gasteiger partial charge < -0.3 is 10.1 Å². The lowest BCUT2D eigenvalue weighted by Gasteiger charge is -2.46. The SMILES string of the molecule is CCC1(C)CNCCN1CC1CCOc2ccccc21. The zero-order valence-corrected chi connectivity index (χ0v) is 12.7. The van der Waals surface area contributed by atoms with Gasteiger partial charge in [0.2, 0.25) is 0 Å². The molecule has 2 atom stereocenters. The summed E-state index contributed by atoms with van der Waals surface area (Å²) in [7, 11) is 0. The Morgan fingerprint density at radius 1 is 1.40 bits per heavy atom. The summed E-state index contributed by atoms with van der Waals surface area (Å²) in [6, 6.07) is 8.56. The van der Waals surface area contributed by atoms with E-state index in [0.717, 1.165) is 45.0 Å². The topological polar surface area (TPSA) is 24.5 Å². The molecule has 3 nitrogen and oxygen atoms in total. The minimum Gasteiger partial charge on any atom is -0.493 e. The van der Waals surface area contributed by atoms with Crippen molar-refractivity contribution in [1.82, 2.24) is 10.2 Å². The lowest BCUT2D eigenvalue weighted by atomic mass is 9.88. The van der Waals surface area contributed by atoms with Gasteiger partial charge in [0.15, 0.2) is 0 Å². The average molecular weight is 274 g/mol. The molecule has 1 N–H and O–H groups in total. The summed E-state index contributed by atoms with van der Waals surface area (Å²) in [5.41, 5.74) is 1.70. The van der Waals surface area contributed by atoms with E-state index in [-0.39, 0.29) is 0 Å². The van der Waals surface area contributed by atoms with Crippen LogP contribution in [-0.2, 0) is 0 Å². The molecule has 1 fully saturated rings. The molecule has 0 spiro atoms. The van der Waals surface area contributed by atoms with Crippen molar-refractivity contribution in [2.75, 3.05) is 32.8 Å². The van der Waals surface area contributed by atoms with Gasteiger partial charge in [0.25, 0.3) is 0 Å². The molecule has 2 heterocycles. The number of para-hydroxylation sites is 1. The molecule has 1 saturated heterocycles. The van der Waals surface area contributed by atoms with Gasteiger partial charge in [0.05, 0.1) is 6.61 Å². The molecule has 0 amide bonds. The van der Waals surface area contributed by atoms with Gasteiger partial charge in [0.1, 0.15) is 5.75 Å². The second kappa shape index (κ2) is 5.74. The van der Waals surface area contributed by atoms with Crippen LogP contribution in [0, 0.1) is 0 Å². The average Bonchev–Trinajstić information content (AvgIpc) is 2.50. The Morgan fingerprint density at radius 2 is 2.25 bits per heavy atom. The molecule has 110 valence electrons. The Morgan fingerprint density at radius 3 is 3.10 bits per heavy atom. The molecule has 2 unspecified atom stereocenters. The number of nitrogens with one attached hydrogen (secondary N) is 1. The fraction of sp³-hybridized carbons (Fsp3) is 0.647. The fourth-order valence-corrected chi connectivity index (χ4v) is 3.49. The van der Waals surface area contributed by atoms with Crippen molar-refractivity contribution in [3.63, 3.8) is 0 Å². The molecule has 3 heteroatoms. The summed E-state index contributed by atoms with van der Waals surface area (Å²) in [5.74, 6) is 1.71. The smallest absolute Gasteiger partial charge is 0.122 e. The number of rotatable bonds is 3. The normalized spacial score (nSPS) is 30.6. The van der Waals surface area contributed by atoms with E-state index >= 15 is 0 Å². The van der Waals surface area contributed by atoms with Gasteiger partial charge in [0, 0.05) is 37.6 Å². The highest BCUT2D eigenvalue weighted by molar-refractivity contribution is 5.38. The monoisotopic (exact) mass is 274 g/mol. The number of ether oxygens (including phenoxy) is 1. The number of hydrogen-bond donors (Lipinski definition) is 1. The third-order valence-electron chi connectivity index (χ3n) is 5.11. The van der Waals surface area contributed by atoms with Crippen LogP contribution in [0.3, 0.4) is 0 Å². The molecule has 3 rings (SSSR count). The van der Waals surface area contributed by atoms with E-state index in [4.69, 9.17) is 4.74 Å². The molecule has 0 aliphatic carbocycles. The molecule has 1 aromatic carbocycles. The van der Waals surface area contributed by atoms with Crippen molar-refractivity contribution >= 4 is 0 Å². The van der Waals surface area contributed by atoms with Crippen LogP contribution in [0.5, 0.6) is 5.75 Å². The highest BCUT2D eigenvalue weighted by Crippen LogP contribution is 2.35. The third kappa shape index (κ3) is 2.57. The molecule has 20 heavy (non-hydrogen) atoms. The molecule has 0 bridgehead atoms. The maximum atomic E-state index is 5.79. The highest BCUT2D eigenvalue weighted by Gasteiger charge is 2.35. The van der Waals surface area contributed by atoms with Crippen molar-refractivity contribution in [3.05, 3.63) is 29.8 Å². The van der Waals surface area contributed by atoms with Gasteiger partial charge in [-0.2, -0.15) is 0 Å². The van der Waals surface area contributed by atoms with E-state index in [9.17, 15) is 0 Å². The third-order valence-corrected chi connectivity index (χ3v) is 5.11. The highest BCUT2D eigenvalue weighted by atomic mass is 16.5. The zero-order valence-electron chi connectivity index (χ0n) is 12.7. The second-order valence-electron chi connectivity index (χ2n) is 6.35. The Kier molecular flexibility index (Phi) is 3.99. The predicted octanol–water partition coefficient (Wildman–Crippen LogP) is 2.63.